The lowest BCUT2D eigenvalue weighted by atomic mass is 10.1. The second kappa shape index (κ2) is 8.89. The maximum atomic E-state index is 13.0. The molecule has 1 saturated heterocycles. The number of nitrogens with two attached hydrogens (primary N) is 1. The van der Waals surface area contributed by atoms with Gasteiger partial charge in [-0.1, -0.05) is 13.0 Å². The number of nitrogens with zero attached hydrogens (tertiary/aromatic N) is 4. The van der Waals surface area contributed by atoms with Crippen LogP contribution in [0.15, 0.2) is 54.7 Å². The van der Waals surface area contributed by atoms with E-state index in [9.17, 15) is 22.8 Å². The summed E-state index contributed by atoms with van der Waals surface area (Å²) in [6, 6.07) is 10.5. The lowest BCUT2D eigenvalue weighted by Gasteiger charge is -2.19. The third-order valence-electron chi connectivity index (χ3n) is 4.87. The first-order valence-electron chi connectivity index (χ1n) is 10.0. The van der Waals surface area contributed by atoms with Crippen molar-refractivity contribution in [2.24, 2.45) is 0 Å². The molecule has 3 aromatic rings. The molecule has 34 heavy (non-hydrogen) atoms. The summed E-state index contributed by atoms with van der Waals surface area (Å²) >= 11 is 0. The summed E-state index contributed by atoms with van der Waals surface area (Å²) in [6.07, 6.45) is -2.92. The molecule has 1 aromatic heterocycles. The van der Waals surface area contributed by atoms with E-state index in [4.69, 9.17) is 10.5 Å². The van der Waals surface area contributed by atoms with Gasteiger partial charge in [0.15, 0.2) is 0 Å². The minimum Gasteiger partial charge on any atom is -0.439 e. The zero-order valence-electron chi connectivity index (χ0n) is 17.7. The number of urea groups is 1. The third kappa shape index (κ3) is 4.85. The minimum atomic E-state index is -4.88. The highest BCUT2D eigenvalue weighted by Crippen LogP contribution is 2.33. The molecular weight excluding hydrogens is 455 g/mol. The Labute approximate surface area is 191 Å². The van der Waals surface area contributed by atoms with Crippen molar-refractivity contribution in [1.82, 2.24) is 9.97 Å². The van der Waals surface area contributed by atoms with Crippen LogP contribution in [0.5, 0.6) is 17.4 Å². The predicted molar refractivity (Wildman–Crippen MR) is 116 cm³/mol. The molecule has 0 aliphatic carbocycles. The van der Waals surface area contributed by atoms with Gasteiger partial charge in [-0.3, -0.25) is 9.69 Å². The number of aryl methyl sites for hydroxylation is 1. The zero-order chi connectivity index (χ0) is 24.5. The number of amides is 3. The SMILES string of the molecule is CCc1cc(N2C(=O)CN(c3cccc(OC(F)(F)F)c3)C2=O)ccc1Oc1ccnc(N)n1. The smallest absolute Gasteiger partial charge is 0.439 e. The van der Waals surface area contributed by atoms with Crippen molar-refractivity contribution in [2.45, 2.75) is 19.7 Å². The van der Waals surface area contributed by atoms with Gasteiger partial charge in [-0.25, -0.2) is 14.7 Å². The number of imide groups is 1. The molecule has 0 spiro atoms. The fourth-order valence-corrected chi connectivity index (χ4v) is 3.41. The van der Waals surface area contributed by atoms with Crippen LogP contribution in [0.25, 0.3) is 0 Å². The van der Waals surface area contributed by atoms with Gasteiger partial charge in [0.25, 0.3) is 5.91 Å². The largest absolute Gasteiger partial charge is 0.573 e. The number of alkyl halides is 3. The van der Waals surface area contributed by atoms with Crippen molar-refractivity contribution in [1.29, 1.82) is 0 Å². The van der Waals surface area contributed by atoms with Gasteiger partial charge in [0.05, 0.1) is 5.69 Å². The fourth-order valence-electron chi connectivity index (χ4n) is 3.41. The van der Waals surface area contributed by atoms with Crippen LogP contribution >= 0.6 is 0 Å². The second-order valence-corrected chi connectivity index (χ2v) is 7.14. The molecule has 12 heteroatoms. The van der Waals surface area contributed by atoms with Crippen molar-refractivity contribution in [3.05, 3.63) is 60.3 Å². The Kier molecular flexibility index (Phi) is 5.97. The zero-order valence-corrected chi connectivity index (χ0v) is 17.7. The Morgan fingerprint density at radius 1 is 1.09 bits per heavy atom. The number of nitrogen functional groups attached to an aromatic ring is 1. The van der Waals surface area contributed by atoms with E-state index < -0.39 is 24.1 Å². The van der Waals surface area contributed by atoms with Gasteiger partial charge in [0, 0.05) is 24.0 Å². The summed E-state index contributed by atoms with van der Waals surface area (Å²) in [5.41, 5.74) is 6.65. The predicted octanol–water partition coefficient (Wildman–Crippen LogP) is 4.29. The van der Waals surface area contributed by atoms with E-state index in [-0.39, 0.29) is 24.1 Å². The minimum absolute atomic E-state index is 0.0465. The average molecular weight is 473 g/mol. The molecular formula is C22H18F3N5O4. The summed E-state index contributed by atoms with van der Waals surface area (Å²) in [5, 5.41) is 0. The molecule has 0 radical (unpaired) electrons. The highest BCUT2D eigenvalue weighted by Gasteiger charge is 2.39. The van der Waals surface area contributed by atoms with Crippen LogP contribution in [0.4, 0.5) is 35.3 Å². The number of benzene rings is 2. The van der Waals surface area contributed by atoms with Gasteiger partial charge < -0.3 is 15.2 Å². The third-order valence-corrected chi connectivity index (χ3v) is 4.87. The molecule has 2 aromatic carbocycles. The number of aromatic nitrogens is 2. The van der Waals surface area contributed by atoms with E-state index in [0.29, 0.717) is 23.4 Å². The molecule has 2 heterocycles. The summed E-state index contributed by atoms with van der Waals surface area (Å²) in [5.74, 6) is -0.298. The lowest BCUT2D eigenvalue weighted by Crippen LogP contribution is -2.33. The molecule has 0 saturated carbocycles. The first-order chi connectivity index (χ1) is 16.1. The molecule has 176 valence electrons. The molecule has 1 fully saturated rings. The van der Waals surface area contributed by atoms with Gasteiger partial charge in [0.2, 0.25) is 11.8 Å². The normalized spacial score (nSPS) is 14.0. The highest BCUT2D eigenvalue weighted by atomic mass is 19.4. The maximum absolute atomic E-state index is 13.0. The molecule has 9 nitrogen and oxygen atoms in total. The molecule has 0 unspecified atom stereocenters. The molecule has 4 rings (SSSR count). The summed E-state index contributed by atoms with van der Waals surface area (Å²) in [6.45, 7) is 1.53. The Morgan fingerprint density at radius 3 is 2.59 bits per heavy atom. The summed E-state index contributed by atoms with van der Waals surface area (Å²) in [7, 11) is 0. The van der Waals surface area contributed by atoms with E-state index in [1.165, 1.54) is 30.5 Å². The Balaban J connectivity index is 1.58. The van der Waals surface area contributed by atoms with Gasteiger partial charge in [-0.2, -0.15) is 4.98 Å². The first-order valence-corrected chi connectivity index (χ1v) is 10.0. The molecule has 0 bridgehead atoms. The van der Waals surface area contributed by atoms with Crippen LogP contribution in [0.2, 0.25) is 0 Å². The number of carbonyl (C=O) groups excluding carboxylic acids is 2. The second-order valence-electron chi connectivity index (χ2n) is 7.14. The van der Waals surface area contributed by atoms with E-state index in [1.807, 2.05) is 6.92 Å². The average Bonchev–Trinajstić information content (AvgIpc) is 3.07. The summed E-state index contributed by atoms with van der Waals surface area (Å²) < 4.78 is 47.3. The van der Waals surface area contributed by atoms with Crippen molar-refractivity contribution in [3.8, 4) is 17.4 Å². The number of rotatable bonds is 6. The number of hydrogen-bond donors (Lipinski definition) is 1. The van der Waals surface area contributed by atoms with Gasteiger partial charge >= 0.3 is 12.4 Å². The number of ether oxygens (including phenoxy) is 2. The number of halogens is 3. The van der Waals surface area contributed by atoms with Crippen LogP contribution < -0.4 is 25.0 Å². The van der Waals surface area contributed by atoms with Crippen molar-refractivity contribution in [2.75, 3.05) is 22.1 Å². The standard InChI is InChI=1S/C22H18F3N5O4/c1-2-13-10-15(6-7-17(13)33-18-8-9-27-20(26)28-18)30-19(31)12-29(21(30)32)14-4-3-5-16(11-14)34-22(23,24)25/h3-11H,2,12H2,1H3,(H2,26,27,28). The van der Waals surface area contributed by atoms with Crippen LogP contribution in [-0.2, 0) is 11.2 Å². The maximum Gasteiger partial charge on any atom is 0.573 e. The molecule has 1 aliphatic rings. The number of carbonyl (C=O) groups is 2. The fraction of sp³-hybridized carbons (Fsp3) is 0.182. The highest BCUT2D eigenvalue weighted by molar-refractivity contribution is 6.27. The van der Waals surface area contributed by atoms with Crippen LogP contribution in [-0.4, -0.2) is 34.8 Å². The Hall–Kier alpha value is -4.35. The van der Waals surface area contributed by atoms with E-state index in [2.05, 4.69) is 14.7 Å². The van der Waals surface area contributed by atoms with Crippen molar-refractivity contribution in [3.63, 3.8) is 0 Å². The quantitative estimate of drug-likeness (QED) is 0.532. The summed E-state index contributed by atoms with van der Waals surface area (Å²) in [4.78, 5) is 35.5. The Bertz CT molecular complexity index is 1250. The van der Waals surface area contributed by atoms with Crippen molar-refractivity contribution < 1.29 is 32.2 Å². The van der Waals surface area contributed by atoms with Crippen molar-refractivity contribution >= 4 is 29.3 Å². The van der Waals surface area contributed by atoms with E-state index in [1.54, 1.807) is 12.1 Å². The molecule has 3 amide bonds. The van der Waals surface area contributed by atoms with Crippen LogP contribution in [0.3, 0.4) is 0 Å². The van der Waals surface area contributed by atoms with E-state index in [0.717, 1.165) is 21.9 Å². The van der Waals surface area contributed by atoms with E-state index >= 15 is 0 Å². The first kappa shape index (κ1) is 22.8. The van der Waals surface area contributed by atoms with Gasteiger partial charge in [-0.15, -0.1) is 13.2 Å². The number of hydrogen-bond acceptors (Lipinski definition) is 7. The number of anilines is 3. The molecule has 0 atom stereocenters. The molecule has 2 N–H and O–H groups in total. The van der Waals surface area contributed by atoms with Gasteiger partial charge in [0.1, 0.15) is 18.0 Å². The van der Waals surface area contributed by atoms with Crippen LogP contribution in [0, 0.1) is 0 Å². The molecule has 1 aliphatic heterocycles. The monoisotopic (exact) mass is 473 g/mol. The van der Waals surface area contributed by atoms with Crippen LogP contribution in [0.1, 0.15) is 12.5 Å². The lowest BCUT2D eigenvalue weighted by molar-refractivity contribution is -0.274. The van der Waals surface area contributed by atoms with Gasteiger partial charge in [-0.05, 0) is 42.3 Å². The topological polar surface area (TPSA) is 111 Å². The Morgan fingerprint density at radius 2 is 1.88 bits per heavy atom.